The van der Waals surface area contributed by atoms with E-state index in [1.54, 1.807) is 5.56 Å². The van der Waals surface area contributed by atoms with Gasteiger partial charge in [-0.3, -0.25) is 0 Å². The zero-order chi connectivity index (χ0) is 13.1. The Kier molecular flexibility index (Phi) is 4.16. The van der Waals surface area contributed by atoms with Crippen molar-refractivity contribution in [3.8, 4) is 0 Å². The van der Waals surface area contributed by atoms with Gasteiger partial charge in [0, 0.05) is 12.5 Å². The Morgan fingerprint density at radius 3 is 2.74 bits per heavy atom. The number of benzene rings is 1. The zero-order valence-corrected chi connectivity index (χ0v) is 11.6. The molecule has 3 rings (SSSR count). The highest BCUT2D eigenvalue weighted by Crippen LogP contribution is 2.38. The van der Waals surface area contributed by atoms with Gasteiger partial charge in [0.05, 0.1) is 13.2 Å². The number of nitrogens with one attached hydrogen (secondary N) is 1. The van der Waals surface area contributed by atoms with Crippen LogP contribution < -0.4 is 5.32 Å². The highest BCUT2D eigenvalue weighted by atomic mass is 16.7. The van der Waals surface area contributed by atoms with E-state index in [0.717, 1.165) is 26.2 Å². The van der Waals surface area contributed by atoms with Gasteiger partial charge in [0.2, 0.25) is 0 Å². The van der Waals surface area contributed by atoms with E-state index in [9.17, 15) is 0 Å². The van der Waals surface area contributed by atoms with E-state index in [1.165, 1.54) is 18.4 Å². The van der Waals surface area contributed by atoms with Crippen molar-refractivity contribution in [2.24, 2.45) is 0 Å². The predicted molar refractivity (Wildman–Crippen MR) is 75.3 cm³/mol. The molecule has 0 aromatic heterocycles. The van der Waals surface area contributed by atoms with Gasteiger partial charge in [-0.25, -0.2) is 0 Å². The second-order valence-corrected chi connectivity index (χ2v) is 5.50. The lowest BCUT2D eigenvalue weighted by atomic mass is 9.74. The first kappa shape index (κ1) is 13.1. The van der Waals surface area contributed by atoms with Gasteiger partial charge in [-0.1, -0.05) is 31.2 Å². The fourth-order valence-electron chi connectivity index (χ4n) is 3.24. The maximum Gasteiger partial charge on any atom is 0.159 e. The van der Waals surface area contributed by atoms with E-state index >= 15 is 0 Å². The summed E-state index contributed by atoms with van der Waals surface area (Å²) in [6, 6.07) is 9.30. The molecule has 0 saturated carbocycles. The number of hydrogen-bond donors (Lipinski definition) is 1. The van der Waals surface area contributed by atoms with Gasteiger partial charge in [0.15, 0.2) is 6.29 Å². The molecule has 1 heterocycles. The first-order valence-corrected chi connectivity index (χ1v) is 7.41. The first-order chi connectivity index (χ1) is 9.36. The summed E-state index contributed by atoms with van der Waals surface area (Å²) >= 11 is 0. The smallest absolute Gasteiger partial charge is 0.159 e. The average molecular weight is 261 g/mol. The van der Waals surface area contributed by atoms with Crippen molar-refractivity contribution < 1.29 is 9.47 Å². The van der Waals surface area contributed by atoms with Gasteiger partial charge < -0.3 is 14.8 Å². The van der Waals surface area contributed by atoms with Crippen LogP contribution in [0.2, 0.25) is 0 Å². The minimum absolute atomic E-state index is 0.000583. The molecule has 2 aliphatic rings. The van der Waals surface area contributed by atoms with Crippen molar-refractivity contribution in [3.63, 3.8) is 0 Å². The number of fused-ring (bicyclic) bond motifs is 1. The van der Waals surface area contributed by atoms with Gasteiger partial charge in [0.1, 0.15) is 0 Å². The standard InChI is InChI=1S/C16H23NO2/c1-2-17-14(11-16-18-7-8-19-16)10-13-9-12-5-3-4-6-15(12)13/h3-6,13-14,16-17H,2,7-11H2,1H3. The molecule has 0 amide bonds. The molecule has 104 valence electrons. The summed E-state index contributed by atoms with van der Waals surface area (Å²) in [6.07, 6.45) is 3.38. The van der Waals surface area contributed by atoms with Crippen LogP contribution in [0.1, 0.15) is 36.8 Å². The molecular weight excluding hydrogens is 238 g/mol. The maximum atomic E-state index is 5.57. The topological polar surface area (TPSA) is 30.5 Å². The molecule has 2 unspecified atom stereocenters. The summed E-state index contributed by atoms with van der Waals surface area (Å²) in [5, 5.41) is 3.58. The molecule has 3 heteroatoms. The molecule has 19 heavy (non-hydrogen) atoms. The Morgan fingerprint density at radius 2 is 2.00 bits per heavy atom. The molecule has 1 N–H and O–H groups in total. The van der Waals surface area contributed by atoms with Crippen molar-refractivity contribution in [1.29, 1.82) is 0 Å². The van der Waals surface area contributed by atoms with E-state index in [2.05, 4.69) is 36.5 Å². The second-order valence-electron chi connectivity index (χ2n) is 5.50. The Balaban J connectivity index is 1.56. The van der Waals surface area contributed by atoms with Crippen molar-refractivity contribution in [2.75, 3.05) is 19.8 Å². The summed E-state index contributed by atoms with van der Waals surface area (Å²) in [5.74, 6) is 0.710. The van der Waals surface area contributed by atoms with Crippen LogP contribution in [-0.4, -0.2) is 32.1 Å². The first-order valence-electron chi connectivity index (χ1n) is 7.41. The van der Waals surface area contributed by atoms with Crippen molar-refractivity contribution >= 4 is 0 Å². The molecule has 0 bridgehead atoms. The van der Waals surface area contributed by atoms with Gasteiger partial charge in [0.25, 0.3) is 0 Å². The van der Waals surface area contributed by atoms with Crippen LogP contribution in [0.4, 0.5) is 0 Å². The normalized spacial score (nSPS) is 23.9. The van der Waals surface area contributed by atoms with Crippen LogP contribution in [0.15, 0.2) is 24.3 Å². The molecule has 1 aromatic carbocycles. The molecule has 3 nitrogen and oxygen atoms in total. The maximum absolute atomic E-state index is 5.57. The predicted octanol–water partition coefficient (Wildman–Crippen LogP) is 2.46. The molecule has 1 fully saturated rings. The monoisotopic (exact) mass is 261 g/mol. The van der Waals surface area contributed by atoms with E-state index in [0.29, 0.717) is 12.0 Å². The molecule has 1 aromatic rings. The third-order valence-electron chi connectivity index (χ3n) is 4.19. The molecule has 0 radical (unpaired) electrons. The van der Waals surface area contributed by atoms with E-state index in [1.807, 2.05) is 0 Å². The van der Waals surface area contributed by atoms with Crippen LogP contribution >= 0.6 is 0 Å². The Hall–Kier alpha value is -0.900. The van der Waals surface area contributed by atoms with Crippen molar-refractivity contribution in [1.82, 2.24) is 5.32 Å². The number of ether oxygens (including phenoxy) is 2. The molecule has 1 aliphatic heterocycles. The van der Waals surface area contributed by atoms with Crippen LogP contribution in [0, 0.1) is 0 Å². The number of hydrogen-bond acceptors (Lipinski definition) is 3. The highest BCUT2D eigenvalue weighted by Gasteiger charge is 2.29. The van der Waals surface area contributed by atoms with Gasteiger partial charge in [-0.05, 0) is 36.4 Å². The Bertz CT molecular complexity index is 415. The summed E-state index contributed by atoms with van der Waals surface area (Å²) in [7, 11) is 0. The van der Waals surface area contributed by atoms with Crippen molar-refractivity contribution in [3.05, 3.63) is 35.4 Å². The van der Waals surface area contributed by atoms with Gasteiger partial charge >= 0.3 is 0 Å². The molecule has 2 atom stereocenters. The summed E-state index contributed by atoms with van der Waals surface area (Å²) in [6.45, 7) is 4.66. The van der Waals surface area contributed by atoms with E-state index in [-0.39, 0.29) is 6.29 Å². The fourth-order valence-corrected chi connectivity index (χ4v) is 3.24. The lowest BCUT2D eigenvalue weighted by Gasteiger charge is -2.33. The summed E-state index contributed by atoms with van der Waals surface area (Å²) in [5.41, 5.74) is 3.06. The molecule has 1 saturated heterocycles. The fraction of sp³-hybridized carbons (Fsp3) is 0.625. The summed E-state index contributed by atoms with van der Waals surface area (Å²) < 4.78 is 11.1. The lowest BCUT2D eigenvalue weighted by Crippen LogP contribution is -2.36. The van der Waals surface area contributed by atoms with Gasteiger partial charge in [-0.15, -0.1) is 0 Å². The summed E-state index contributed by atoms with van der Waals surface area (Å²) in [4.78, 5) is 0. The van der Waals surface area contributed by atoms with E-state index in [4.69, 9.17) is 9.47 Å². The minimum Gasteiger partial charge on any atom is -0.350 e. The Morgan fingerprint density at radius 1 is 1.21 bits per heavy atom. The molecule has 0 spiro atoms. The molecule has 1 aliphatic carbocycles. The van der Waals surface area contributed by atoms with Crippen molar-refractivity contribution in [2.45, 2.75) is 44.4 Å². The van der Waals surface area contributed by atoms with Crippen LogP contribution in [-0.2, 0) is 15.9 Å². The van der Waals surface area contributed by atoms with Crippen LogP contribution in [0.3, 0.4) is 0 Å². The third kappa shape index (κ3) is 2.99. The largest absolute Gasteiger partial charge is 0.350 e. The van der Waals surface area contributed by atoms with Crippen LogP contribution in [0.5, 0.6) is 0 Å². The lowest BCUT2D eigenvalue weighted by molar-refractivity contribution is -0.0535. The van der Waals surface area contributed by atoms with E-state index < -0.39 is 0 Å². The zero-order valence-electron chi connectivity index (χ0n) is 11.6. The SMILES string of the molecule is CCNC(CC1OCCO1)CC1Cc2ccccc21. The number of rotatable bonds is 6. The Labute approximate surface area is 115 Å². The van der Waals surface area contributed by atoms with Gasteiger partial charge in [-0.2, -0.15) is 0 Å². The minimum atomic E-state index is -0.000583. The molecular formula is C16H23NO2. The highest BCUT2D eigenvalue weighted by molar-refractivity contribution is 5.39. The quantitative estimate of drug-likeness (QED) is 0.853. The second kappa shape index (κ2) is 6.04. The van der Waals surface area contributed by atoms with Crippen LogP contribution in [0.25, 0.3) is 0 Å². The third-order valence-corrected chi connectivity index (χ3v) is 4.19. The average Bonchev–Trinajstić information content (AvgIpc) is 2.89.